The van der Waals surface area contributed by atoms with Gasteiger partial charge in [0, 0.05) is 10.9 Å². The van der Waals surface area contributed by atoms with Crippen LogP contribution >= 0.6 is 57.6 Å². The molecule has 0 fully saturated rings. The van der Waals surface area contributed by atoms with Crippen LogP contribution in [0.3, 0.4) is 0 Å². The Kier molecular flexibility index (Phi) is 4.32. The maximum atomic E-state index is 10.4. The molecule has 1 N–H and O–H groups in total. The van der Waals surface area contributed by atoms with Crippen molar-refractivity contribution in [2.24, 2.45) is 0 Å². The number of carboxylic acid groups (broad SMARTS) is 1. The number of aromatic nitrogens is 1. The van der Waals surface area contributed by atoms with Crippen LogP contribution in [-0.2, 0) is 4.79 Å². The number of carbonyl (C=O) groups is 1. The van der Waals surface area contributed by atoms with E-state index in [0.29, 0.717) is 13.0 Å². The van der Waals surface area contributed by atoms with Gasteiger partial charge < -0.3 is 5.11 Å². The number of thioether (sulfide) groups is 1. The standard InChI is InChI=1S/C9H5Cl2NO2S3/c10-6-1-4(8(11)17-6)5-2-15-9(12-5)16-3-7(13)14/h1-2H,3H2,(H,13,14). The number of carboxylic acids is 1. The number of rotatable bonds is 4. The van der Waals surface area contributed by atoms with Crippen LogP contribution in [0.5, 0.6) is 0 Å². The summed E-state index contributed by atoms with van der Waals surface area (Å²) < 4.78 is 1.91. The van der Waals surface area contributed by atoms with E-state index in [2.05, 4.69) is 4.98 Å². The molecule has 0 atom stereocenters. The van der Waals surface area contributed by atoms with Crippen LogP contribution in [0, 0.1) is 0 Å². The van der Waals surface area contributed by atoms with Crippen LogP contribution in [0.2, 0.25) is 8.67 Å². The number of thiazole rings is 1. The first-order valence-electron chi connectivity index (χ1n) is 4.31. The zero-order valence-electron chi connectivity index (χ0n) is 8.15. The highest BCUT2D eigenvalue weighted by Crippen LogP contribution is 2.39. The molecule has 17 heavy (non-hydrogen) atoms. The Hall–Kier alpha value is -0.270. The number of aliphatic carboxylic acids is 1. The normalized spacial score (nSPS) is 10.7. The Morgan fingerprint density at radius 3 is 2.88 bits per heavy atom. The average molecular weight is 326 g/mol. The highest BCUT2D eigenvalue weighted by molar-refractivity contribution is 8.01. The van der Waals surface area contributed by atoms with Crippen molar-refractivity contribution >= 4 is 63.6 Å². The van der Waals surface area contributed by atoms with Crippen molar-refractivity contribution in [2.75, 3.05) is 5.75 Å². The summed E-state index contributed by atoms with van der Waals surface area (Å²) in [6.07, 6.45) is 0. The molecule has 2 heterocycles. The lowest BCUT2D eigenvalue weighted by Crippen LogP contribution is -1.96. The van der Waals surface area contributed by atoms with Crippen molar-refractivity contribution in [3.05, 3.63) is 20.1 Å². The van der Waals surface area contributed by atoms with Gasteiger partial charge in [-0.25, -0.2) is 4.98 Å². The van der Waals surface area contributed by atoms with E-state index in [1.165, 1.54) is 34.4 Å². The first-order valence-corrected chi connectivity index (χ1v) is 7.75. The predicted octanol–water partition coefficient (Wildman–Crippen LogP) is 4.36. The third-order valence-corrected chi connectivity index (χ3v) is 5.23. The average Bonchev–Trinajstić information content (AvgIpc) is 2.82. The van der Waals surface area contributed by atoms with E-state index in [9.17, 15) is 4.79 Å². The molecule has 2 rings (SSSR count). The summed E-state index contributed by atoms with van der Waals surface area (Å²) in [6, 6.07) is 1.76. The van der Waals surface area contributed by atoms with Gasteiger partial charge in [0.15, 0.2) is 4.34 Å². The Balaban J connectivity index is 2.18. The van der Waals surface area contributed by atoms with Gasteiger partial charge in [-0.15, -0.1) is 22.7 Å². The largest absolute Gasteiger partial charge is 0.481 e. The van der Waals surface area contributed by atoms with E-state index in [-0.39, 0.29) is 5.75 Å². The molecule has 0 aliphatic heterocycles. The molecule has 3 nitrogen and oxygen atoms in total. The van der Waals surface area contributed by atoms with Crippen molar-refractivity contribution in [1.29, 1.82) is 0 Å². The van der Waals surface area contributed by atoms with Gasteiger partial charge in [0.2, 0.25) is 0 Å². The first-order chi connectivity index (χ1) is 8.06. The maximum absolute atomic E-state index is 10.4. The van der Waals surface area contributed by atoms with E-state index < -0.39 is 5.97 Å². The Morgan fingerprint density at radius 2 is 2.29 bits per heavy atom. The van der Waals surface area contributed by atoms with Gasteiger partial charge in [0.1, 0.15) is 4.34 Å². The molecule has 0 aliphatic rings. The van der Waals surface area contributed by atoms with Crippen LogP contribution in [0.1, 0.15) is 0 Å². The van der Waals surface area contributed by atoms with Gasteiger partial charge in [-0.1, -0.05) is 35.0 Å². The Morgan fingerprint density at radius 1 is 1.53 bits per heavy atom. The smallest absolute Gasteiger partial charge is 0.313 e. The van der Waals surface area contributed by atoms with Gasteiger partial charge in [-0.05, 0) is 6.07 Å². The second-order valence-corrected chi connectivity index (χ2v) is 7.29. The number of hydrogen-bond donors (Lipinski definition) is 1. The summed E-state index contributed by atoms with van der Waals surface area (Å²) in [4.78, 5) is 14.7. The summed E-state index contributed by atoms with van der Waals surface area (Å²) in [6.45, 7) is 0. The summed E-state index contributed by atoms with van der Waals surface area (Å²) in [5.74, 6) is -0.853. The SMILES string of the molecule is O=C(O)CSc1nc(-c2cc(Cl)sc2Cl)cs1. The molecular formula is C9H5Cl2NO2S3. The first kappa shape index (κ1) is 13.2. The molecule has 0 saturated carbocycles. The van der Waals surface area contributed by atoms with Gasteiger partial charge in [-0.3, -0.25) is 4.79 Å². The molecule has 0 aliphatic carbocycles. The Labute approximate surface area is 119 Å². The zero-order chi connectivity index (χ0) is 12.4. The van der Waals surface area contributed by atoms with E-state index in [1.807, 2.05) is 5.38 Å². The van der Waals surface area contributed by atoms with Crippen LogP contribution in [0.25, 0.3) is 11.3 Å². The fourth-order valence-electron chi connectivity index (χ4n) is 1.09. The molecule has 2 aromatic rings. The van der Waals surface area contributed by atoms with Gasteiger partial charge in [0.25, 0.3) is 0 Å². The van der Waals surface area contributed by atoms with Gasteiger partial charge in [0.05, 0.1) is 15.8 Å². The zero-order valence-corrected chi connectivity index (χ0v) is 12.1. The lowest BCUT2D eigenvalue weighted by molar-refractivity contribution is -0.133. The summed E-state index contributed by atoms with van der Waals surface area (Å²) in [7, 11) is 0. The molecule has 0 aromatic carbocycles. The number of thiophene rings is 1. The number of halogens is 2. The van der Waals surface area contributed by atoms with Crippen molar-refractivity contribution in [3.63, 3.8) is 0 Å². The molecular weight excluding hydrogens is 321 g/mol. The molecule has 0 radical (unpaired) electrons. The van der Waals surface area contributed by atoms with E-state index >= 15 is 0 Å². The van der Waals surface area contributed by atoms with E-state index in [0.717, 1.165) is 11.3 Å². The third-order valence-electron chi connectivity index (χ3n) is 1.73. The van der Waals surface area contributed by atoms with Crippen LogP contribution in [0.4, 0.5) is 0 Å². The van der Waals surface area contributed by atoms with E-state index in [4.69, 9.17) is 28.3 Å². The summed E-state index contributed by atoms with van der Waals surface area (Å²) in [5, 5.41) is 10.4. The number of hydrogen-bond acceptors (Lipinski definition) is 5. The quantitative estimate of drug-likeness (QED) is 0.849. The molecule has 8 heteroatoms. The van der Waals surface area contributed by atoms with Gasteiger partial charge >= 0.3 is 5.97 Å². The van der Waals surface area contributed by atoms with E-state index in [1.54, 1.807) is 6.07 Å². The van der Waals surface area contributed by atoms with Crippen LogP contribution in [0.15, 0.2) is 15.8 Å². The minimum atomic E-state index is -0.858. The van der Waals surface area contributed by atoms with Crippen LogP contribution in [-0.4, -0.2) is 21.8 Å². The third kappa shape index (κ3) is 3.35. The fraction of sp³-hybridized carbons (Fsp3) is 0.111. The monoisotopic (exact) mass is 325 g/mol. The second kappa shape index (κ2) is 5.58. The number of nitrogens with zero attached hydrogens (tertiary/aromatic N) is 1. The molecule has 0 unspecified atom stereocenters. The lowest BCUT2D eigenvalue weighted by atomic mass is 10.3. The summed E-state index contributed by atoms with van der Waals surface area (Å²) >= 11 is 15.7. The fourth-order valence-corrected chi connectivity index (χ4v) is 4.11. The maximum Gasteiger partial charge on any atom is 0.313 e. The second-order valence-electron chi connectivity index (χ2n) is 2.92. The molecule has 0 bridgehead atoms. The summed E-state index contributed by atoms with van der Waals surface area (Å²) in [5.41, 5.74) is 1.52. The molecule has 0 spiro atoms. The van der Waals surface area contributed by atoms with Crippen molar-refractivity contribution in [2.45, 2.75) is 4.34 Å². The highest BCUT2D eigenvalue weighted by atomic mass is 35.5. The molecule has 0 amide bonds. The van der Waals surface area contributed by atoms with Crippen LogP contribution < -0.4 is 0 Å². The minimum absolute atomic E-state index is 0.00504. The van der Waals surface area contributed by atoms with Crippen molar-refractivity contribution < 1.29 is 9.90 Å². The van der Waals surface area contributed by atoms with Crippen molar-refractivity contribution in [1.82, 2.24) is 4.98 Å². The highest BCUT2D eigenvalue weighted by Gasteiger charge is 2.12. The Bertz CT molecular complexity index is 552. The van der Waals surface area contributed by atoms with Gasteiger partial charge in [-0.2, -0.15) is 0 Å². The van der Waals surface area contributed by atoms with Crippen molar-refractivity contribution in [3.8, 4) is 11.3 Å². The topological polar surface area (TPSA) is 50.2 Å². The molecule has 2 aromatic heterocycles. The minimum Gasteiger partial charge on any atom is -0.481 e. The predicted molar refractivity (Wildman–Crippen MR) is 73.8 cm³/mol. The molecule has 0 saturated heterocycles. The molecule has 90 valence electrons. The lowest BCUT2D eigenvalue weighted by Gasteiger charge is -1.92.